The van der Waals surface area contributed by atoms with Crippen LogP contribution in [0.3, 0.4) is 0 Å². The lowest BCUT2D eigenvalue weighted by molar-refractivity contribution is 0.0179. The molecule has 0 unspecified atom stereocenters. The molecule has 0 radical (unpaired) electrons. The molecule has 0 fully saturated rings. The molecule has 0 bridgehead atoms. The van der Waals surface area contributed by atoms with Crippen LogP contribution in [0.1, 0.15) is 23.0 Å². The summed E-state index contributed by atoms with van der Waals surface area (Å²) in [5, 5.41) is 2.91. The van der Waals surface area contributed by atoms with Gasteiger partial charge in [-0.1, -0.05) is 41.9 Å². The lowest BCUT2D eigenvalue weighted by Gasteiger charge is -2.14. The van der Waals surface area contributed by atoms with Crippen molar-refractivity contribution in [3.05, 3.63) is 76.8 Å². The van der Waals surface area contributed by atoms with Gasteiger partial charge in [0.05, 0.1) is 0 Å². The van der Waals surface area contributed by atoms with Crippen molar-refractivity contribution in [3.8, 4) is 11.3 Å². The van der Waals surface area contributed by atoms with Crippen molar-refractivity contribution in [2.75, 3.05) is 5.32 Å². The monoisotopic (exact) mass is 379 g/mol. The molecular formula is C19H13ClF3NO2. The lowest BCUT2D eigenvalue weighted by atomic mass is 10.0. The van der Waals surface area contributed by atoms with E-state index < -0.39 is 29.0 Å². The Balaban J connectivity index is 1.94. The molecule has 134 valence electrons. The van der Waals surface area contributed by atoms with Crippen LogP contribution in [0.5, 0.6) is 0 Å². The number of hydrogen-bond donors (Lipinski definition) is 1. The number of rotatable bonds is 4. The average molecular weight is 380 g/mol. The quantitative estimate of drug-likeness (QED) is 0.594. The molecule has 3 nitrogen and oxygen atoms in total. The Kier molecular flexibility index (Phi) is 4.78. The molecule has 0 aliphatic carbocycles. The number of carbonyl (C=O) groups is 1. The number of nitrogens with one attached hydrogen (secondary N) is 1. The summed E-state index contributed by atoms with van der Waals surface area (Å²) in [5.74, 6) is -5.58. The summed E-state index contributed by atoms with van der Waals surface area (Å²) in [5.41, 5.74) is -0.115. The van der Waals surface area contributed by atoms with Gasteiger partial charge in [0.15, 0.2) is 17.3 Å². The molecule has 7 heteroatoms. The fourth-order valence-corrected chi connectivity index (χ4v) is 2.68. The second kappa shape index (κ2) is 6.88. The number of amides is 1. The van der Waals surface area contributed by atoms with Gasteiger partial charge in [-0.3, -0.25) is 4.79 Å². The Hall–Kier alpha value is -2.73. The predicted molar refractivity (Wildman–Crippen MR) is 93.1 cm³/mol. The highest BCUT2D eigenvalue weighted by molar-refractivity contribution is 6.30. The third-order valence-corrected chi connectivity index (χ3v) is 3.87. The van der Waals surface area contributed by atoms with Gasteiger partial charge in [-0.15, -0.1) is 0 Å². The summed E-state index contributed by atoms with van der Waals surface area (Å²) >= 11 is 5.84. The maximum Gasteiger partial charge on any atom is 0.291 e. The maximum absolute atomic E-state index is 14.3. The standard InChI is InChI=1S/C19H13ClF3NO2/c1-19(22,23)14-8-3-2-7-13(14)17-15(21)10-16(26-17)18(25)24-12-6-4-5-11(20)9-12/h2-10H,1H3,(H,24,25). The van der Waals surface area contributed by atoms with Crippen LogP contribution < -0.4 is 5.32 Å². The molecule has 0 atom stereocenters. The van der Waals surface area contributed by atoms with Gasteiger partial charge in [-0.2, -0.15) is 0 Å². The molecule has 1 heterocycles. The first kappa shape index (κ1) is 18.1. The van der Waals surface area contributed by atoms with Gasteiger partial charge in [-0.05, 0) is 18.2 Å². The van der Waals surface area contributed by atoms with Gasteiger partial charge in [0, 0.05) is 34.8 Å². The summed E-state index contributed by atoms with van der Waals surface area (Å²) in [6, 6.07) is 12.6. The second-order valence-electron chi connectivity index (χ2n) is 5.69. The highest BCUT2D eigenvalue weighted by Gasteiger charge is 2.30. The van der Waals surface area contributed by atoms with Gasteiger partial charge in [-0.25, -0.2) is 13.2 Å². The third-order valence-electron chi connectivity index (χ3n) is 3.64. The number of benzene rings is 2. The van der Waals surface area contributed by atoms with Crippen LogP contribution in [0.2, 0.25) is 5.02 Å². The molecule has 0 saturated carbocycles. The van der Waals surface area contributed by atoms with E-state index in [2.05, 4.69) is 5.32 Å². The fourth-order valence-electron chi connectivity index (χ4n) is 2.49. The minimum absolute atomic E-state index is 0.112. The largest absolute Gasteiger partial charge is 0.448 e. The minimum atomic E-state index is -3.20. The third kappa shape index (κ3) is 3.75. The fraction of sp³-hybridized carbons (Fsp3) is 0.105. The van der Waals surface area contributed by atoms with Crippen molar-refractivity contribution in [3.63, 3.8) is 0 Å². The Morgan fingerprint density at radius 1 is 1.12 bits per heavy atom. The zero-order valence-corrected chi connectivity index (χ0v) is 14.3. The van der Waals surface area contributed by atoms with Crippen LogP contribution in [-0.2, 0) is 5.92 Å². The Bertz CT molecular complexity index is 963. The van der Waals surface area contributed by atoms with E-state index in [-0.39, 0.29) is 11.3 Å². The number of halogens is 4. The van der Waals surface area contributed by atoms with Crippen molar-refractivity contribution >= 4 is 23.2 Å². The van der Waals surface area contributed by atoms with E-state index in [1.54, 1.807) is 18.2 Å². The van der Waals surface area contributed by atoms with Crippen molar-refractivity contribution in [1.29, 1.82) is 0 Å². The van der Waals surface area contributed by atoms with Gasteiger partial charge in [0.25, 0.3) is 11.8 Å². The van der Waals surface area contributed by atoms with Crippen molar-refractivity contribution < 1.29 is 22.4 Å². The van der Waals surface area contributed by atoms with E-state index in [4.69, 9.17) is 16.0 Å². The summed E-state index contributed by atoms with van der Waals surface area (Å²) in [6.07, 6.45) is 0. The zero-order valence-electron chi connectivity index (χ0n) is 13.5. The Morgan fingerprint density at radius 3 is 2.54 bits per heavy atom. The van der Waals surface area contributed by atoms with Crippen LogP contribution in [0.15, 0.2) is 59.0 Å². The smallest absolute Gasteiger partial charge is 0.291 e. The highest BCUT2D eigenvalue weighted by atomic mass is 35.5. The van der Waals surface area contributed by atoms with Crippen LogP contribution in [0, 0.1) is 5.82 Å². The Labute approximate surface area is 152 Å². The first-order valence-electron chi connectivity index (χ1n) is 7.59. The molecule has 2 aromatic carbocycles. The molecule has 0 aliphatic rings. The van der Waals surface area contributed by atoms with Crippen LogP contribution >= 0.6 is 11.6 Å². The number of alkyl halides is 2. The molecule has 1 amide bonds. The molecule has 1 aromatic heterocycles. The molecule has 0 aliphatic heterocycles. The predicted octanol–water partition coefficient (Wildman–Crippen LogP) is 6.10. The van der Waals surface area contributed by atoms with E-state index in [1.165, 1.54) is 30.3 Å². The molecule has 26 heavy (non-hydrogen) atoms. The SMILES string of the molecule is CC(F)(F)c1ccccc1-c1oc(C(=O)Nc2cccc(Cl)c2)cc1F. The average Bonchev–Trinajstić information content (AvgIpc) is 2.96. The van der Waals surface area contributed by atoms with E-state index in [9.17, 15) is 18.0 Å². The van der Waals surface area contributed by atoms with Gasteiger partial charge in [0.1, 0.15) is 0 Å². The maximum atomic E-state index is 14.3. The summed E-state index contributed by atoms with van der Waals surface area (Å²) in [7, 11) is 0. The second-order valence-corrected chi connectivity index (χ2v) is 6.12. The first-order valence-corrected chi connectivity index (χ1v) is 7.97. The van der Waals surface area contributed by atoms with E-state index >= 15 is 0 Å². The van der Waals surface area contributed by atoms with Crippen LogP contribution in [-0.4, -0.2) is 5.91 Å². The normalized spacial score (nSPS) is 11.4. The van der Waals surface area contributed by atoms with E-state index in [0.717, 1.165) is 6.07 Å². The van der Waals surface area contributed by atoms with Crippen LogP contribution in [0.25, 0.3) is 11.3 Å². The molecule has 0 spiro atoms. The van der Waals surface area contributed by atoms with Crippen molar-refractivity contribution in [2.45, 2.75) is 12.8 Å². The topological polar surface area (TPSA) is 42.2 Å². The molecular weight excluding hydrogens is 367 g/mol. The number of hydrogen-bond acceptors (Lipinski definition) is 2. The number of anilines is 1. The first-order chi connectivity index (χ1) is 12.3. The van der Waals surface area contributed by atoms with Gasteiger partial charge in [0.2, 0.25) is 0 Å². The summed E-state index contributed by atoms with van der Waals surface area (Å²) in [6.45, 7) is 0.708. The molecule has 1 N–H and O–H groups in total. The molecule has 0 saturated heterocycles. The summed E-state index contributed by atoms with van der Waals surface area (Å²) < 4.78 is 47.1. The number of furan rings is 1. The molecule has 3 aromatic rings. The minimum Gasteiger partial charge on any atom is -0.448 e. The lowest BCUT2D eigenvalue weighted by Crippen LogP contribution is -2.10. The summed E-state index contributed by atoms with van der Waals surface area (Å²) in [4.78, 5) is 12.2. The van der Waals surface area contributed by atoms with Gasteiger partial charge >= 0.3 is 0 Å². The Morgan fingerprint density at radius 2 is 1.85 bits per heavy atom. The van der Waals surface area contributed by atoms with E-state index in [0.29, 0.717) is 17.6 Å². The van der Waals surface area contributed by atoms with E-state index in [1.807, 2.05) is 0 Å². The number of carbonyl (C=O) groups excluding carboxylic acids is 1. The van der Waals surface area contributed by atoms with Crippen molar-refractivity contribution in [1.82, 2.24) is 0 Å². The zero-order chi connectivity index (χ0) is 18.9. The highest BCUT2D eigenvalue weighted by Crippen LogP contribution is 2.37. The van der Waals surface area contributed by atoms with Crippen molar-refractivity contribution in [2.24, 2.45) is 0 Å². The van der Waals surface area contributed by atoms with Gasteiger partial charge < -0.3 is 9.73 Å². The van der Waals surface area contributed by atoms with Crippen LogP contribution in [0.4, 0.5) is 18.9 Å². The molecule has 3 rings (SSSR count).